The van der Waals surface area contributed by atoms with Crippen molar-refractivity contribution in [1.82, 2.24) is 4.90 Å². The fraction of sp³-hybridized carbons (Fsp3) is 0.571. The smallest absolute Gasteiger partial charge is 0.286 e. The van der Waals surface area contributed by atoms with Crippen LogP contribution in [0, 0.1) is 0 Å². The number of piperidine rings is 1. The molecule has 1 saturated heterocycles. The third-order valence-corrected chi connectivity index (χ3v) is 3.86. The van der Waals surface area contributed by atoms with Crippen molar-refractivity contribution in [2.45, 2.75) is 37.9 Å². The van der Waals surface area contributed by atoms with Crippen molar-refractivity contribution in [3.05, 3.63) is 35.9 Å². The fourth-order valence-electron chi connectivity index (χ4n) is 2.99. The highest BCUT2D eigenvalue weighted by molar-refractivity contribution is 5.27. The maximum atomic E-state index is 13.7. The second-order valence-corrected chi connectivity index (χ2v) is 4.76. The van der Waals surface area contributed by atoms with E-state index in [0.29, 0.717) is 25.1 Å². The molecule has 0 saturated carbocycles. The first-order valence-corrected chi connectivity index (χ1v) is 6.39. The molecular weight excluding hydrogens is 239 g/mol. The minimum Gasteiger partial charge on any atom is -0.286 e. The summed E-state index contributed by atoms with van der Waals surface area (Å²) in [5.41, 5.74) is -1.42. The van der Waals surface area contributed by atoms with Gasteiger partial charge in [-0.3, -0.25) is 4.90 Å². The van der Waals surface area contributed by atoms with Crippen LogP contribution in [-0.4, -0.2) is 24.2 Å². The Kier molecular flexibility index (Phi) is 3.66. The summed E-state index contributed by atoms with van der Waals surface area (Å²) in [6.07, 6.45) is -2.59. The highest BCUT2D eigenvalue weighted by Crippen LogP contribution is 2.49. The second-order valence-electron chi connectivity index (χ2n) is 4.76. The first-order chi connectivity index (χ1) is 8.52. The van der Waals surface area contributed by atoms with Gasteiger partial charge in [-0.2, -0.15) is 13.2 Å². The molecule has 1 atom stereocenters. The van der Waals surface area contributed by atoms with Gasteiger partial charge >= 0.3 is 6.18 Å². The first kappa shape index (κ1) is 13.4. The molecule has 1 fully saturated rings. The van der Waals surface area contributed by atoms with Crippen LogP contribution in [0.5, 0.6) is 0 Å². The summed E-state index contributed by atoms with van der Waals surface area (Å²) >= 11 is 0. The zero-order chi connectivity index (χ0) is 13.2. The summed E-state index contributed by atoms with van der Waals surface area (Å²) in [6, 6.07) is 8.33. The van der Waals surface area contributed by atoms with Crippen molar-refractivity contribution < 1.29 is 13.2 Å². The number of nitrogens with zero attached hydrogens (tertiary/aromatic N) is 1. The molecule has 1 aliphatic heterocycles. The number of alkyl halides is 3. The molecule has 1 unspecified atom stereocenters. The van der Waals surface area contributed by atoms with Crippen molar-refractivity contribution in [1.29, 1.82) is 0 Å². The van der Waals surface area contributed by atoms with Gasteiger partial charge in [-0.1, -0.05) is 37.3 Å². The van der Waals surface area contributed by atoms with Gasteiger partial charge in [0.25, 0.3) is 0 Å². The Bertz CT molecular complexity index is 388. The van der Waals surface area contributed by atoms with E-state index in [4.69, 9.17) is 0 Å². The summed E-state index contributed by atoms with van der Waals surface area (Å²) in [7, 11) is 0. The summed E-state index contributed by atoms with van der Waals surface area (Å²) in [4.78, 5) is 1.58. The molecule has 2 rings (SSSR count). The number of likely N-dealkylation sites (tertiary alicyclic amines) is 1. The van der Waals surface area contributed by atoms with Crippen molar-refractivity contribution in [3.63, 3.8) is 0 Å². The molecule has 4 heteroatoms. The number of benzene rings is 1. The molecule has 1 heterocycles. The average Bonchev–Trinajstić information content (AvgIpc) is 2.38. The molecule has 18 heavy (non-hydrogen) atoms. The van der Waals surface area contributed by atoms with Crippen LogP contribution in [0.1, 0.15) is 31.7 Å². The quantitative estimate of drug-likeness (QED) is 0.775. The molecule has 0 aromatic heterocycles. The maximum absolute atomic E-state index is 13.7. The number of halogens is 3. The summed E-state index contributed by atoms with van der Waals surface area (Å²) in [5.74, 6) is 0. The predicted molar refractivity (Wildman–Crippen MR) is 65.3 cm³/mol. The monoisotopic (exact) mass is 257 g/mol. The Morgan fingerprint density at radius 2 is 1.83 bits per heavy atom. The number of hydrogen-bond donors (Lipinski definition) is 0. The van der Waals surface area contributed by atoms with Crippen LogP contribution in [0.3, 0.4) is 0 Å². The third-order valence-electron chi connectivity index (χ3n) is 3.86. The molecule has 1 aromatic rings. The maximum Gasteiger partial charge on any atom is 0.411 e. The van der Waals surface area contributed by atoms with E-state index in [9.17, 15) is 13.2 Å². The van der Waals surface area contributed by atoms with Gasteiger partial charge in [-0.15, -0.1) is 0 Å². The lowest BCUT2D eigenvalue weighted by Crippen LogP contribution is -2.58. The molecule has 0 amide bonds. The molecule has 0 radical (unpaired) electrons. The molecule has 0 aliphatic carbocycles. The summed E-state index contributed by atoms with van der Waals surface area (Å²) < 4.78 is 41.0. The van der Waals surface area contributed by atoms with Crippen LogP contribution in [0.4, 0.5) is 13.2 Å². The number of hydrogen-bond acceptors (Lipinski definition) is 1. The normalized spacial score (nSPS) is 26.2. The van der Waals surface area contributed by atoms with Gasteiger partial charge in [0, 0.05) is 0 Å². The topological polar surface area (TPSA) is 3.24 Å². The van der Waals surface area contributed by atoms with Crippen LogP contribution in [0.15, 0.2) is 30.3 Å². The van der Waals surface area contributed by atoms with Crippen molar-refractivity contribution in [2.75, 3.05) is 13.1 Å². The highest BCUT2D eigenvalue weighted by Gasteiger charge is 2.59. The lowest BCUT2D eigenvalue weighted by Gasteiger charge is -2.48. The van der Waals surface area contributed by atoms with Crippen LogP contribution < -0.4 is 0 Å². The van der Waals surface area contributed by atoms with Gasteiger partial charge in [0.15, 0.2) is 0 Å². The molecule has 0 bridgehead atoms. The summed E-state index contributed by atoms with van der Waals surface area (Å²) in [6.45, 7) is 2.74. The van der Waals surface area contributed by atoms with Gasteiger partial charge in [0.05, 0.1) is 0 Å². The zero-order valence-electron chi connectivity index (χ0n) is 10.5. The van der Waals surface area contributed by atoms with Gasteiger partial charge in [0.2, 0.25) is 0 Å². The van der Waals surface area contributed by atoms with Crippen LogP contribution in [0.2, 0.25) is 0 Å². The van der Waals surface area contributed by atoms with Gasteiger partial charge in [-0.25, -0.2) is 0 Å². The van der Waals surface area contributed by atoms with E-state index in [1.807, 2.05) is 0 Å². The standard InChI is InChI=1S/C14H18F3N/c1-2-18-11-7-6-10-13(18,14(15,16)17)12-8-4-3-5-9-12/h3-5,8-9H,2,6-7,10-11H2,1H3. The zero-order valence-corrected chi connectivity index (χ0v) is 10.5. The Morgan fingerprint density at radius 1 is 1.17 bits per heavy atom. The van der Waals surface area contributed by atoms with Gasteiger partial charge in [0.1, 0.15) is 5.54 Å². The molecular formula is C14H18F3N. The van der Waals surface area contributed by atoms with Crippen LogP contribution in [-0.2, 0) is 5.54 Å². The Balaban J connectivity index is 2.53. The SMILES string of the molecule is CCN1CCCCC1(c1ccccc1)C(F)(F)F. The van der Waals surface area contributed by atoms with Crippen LogP contribution in [0.25, 0.3) is 0 Å². The van der Waals surface area contributed by atoms with Crippen molar-refractivity contribution in [3.8, 4) is 0 Å². The van der Waals surface area contributed by atoms with Crippen LogP contribution >= 0.6 is 0 Å². The van der Waals surface area contributed by atoms with E-state index in [1.165, 1.54) is 0 Å². The van der Waals surface area contributed by atoms with E-state index in [0.717, 1.165) is 6.42 Å². The minimum atomic E-state index is -4.23. The van der Waals surface area contributed by atoms with E-state index < -0.39 is 11.7 Å². The van der Waals surface area contributed by atoms with Gasteiger partial charge < -0.3 is 0 Å². The highest BCUT2D eigenvalue weighted by atomic mass is 19.4. The molecule has 100 valence electrons. The summed E-state index contributed by atoms with van der Waals surface area (Å²) in [5, 5.41) is 0. The van der Waals surface area contributed by atoms with E-state index in [1.54, 1.807) is 42.2 Å². The van der Waals surface area contributed by atoms with Crippen molar-refractivity contribution >= 4 is 0 Å². The van der Waals surface area contributed by atoms with E-state index >= 15 is 0 Å². The average molecular weight is 257 g/mol. The molecule has 0 N–H and O–H groups in total. The largest absolute Gasteiger partial charge is 0.411 e. The lowest BCUT2D eigenvalue weighted by molar-refractivity contribution is -0.247. The number of rotatable bonds is 2. The minimum absolute atomic E-state index is 0.161. The second kappa shape index (κ2) is 4.92. The molecule has 0 spiro atoms. The molecule has 1 aromatic carbocycles. The Morgan fingerprint density at radius 3 is 2.39 bits per heavy atom. The Labute approximate surface area is 106 Å². The third kappa shape index (κ3) is 2.03. The van der Waals surface area contributed by atoms with E-state index in [2.05, 4.69) is 0 Å². The Hall–Kier alpha value is -1.03. The molecule has 1 aliphatic rings. The van der Waals surface area contributed by atoms with Crippen molar-refractivity contribution in [2.24, 2.45) is 0 Å². The first-order valence-electron chi connectivity index (χ1n) is 6.39. The fourth-order valence-corrected chi connectivity index (χ4v) is 2.99. The molecule has 1 nitrogen and oxygen atoms in total. The lowest BCUT2D eigenvalue weighted by atomic mass is 9.79. The van der Waals surface area contributed by atoms with E-state index in [-0.39, 0.29) is 6.42 Å². The van der Waals surface area contributed by atoms with Gasteiger partial charge in [-0.05, 0) is 37.9 Å². The predicted octanol–water partition coefficient (Wildman–Crippen LogP) is 3.95.